The fourth-order valence-electron chi connectivity index (χ4n) is 4.94. The molecule has 0 bridgehead atoms. The molecule has 0 unspecified atom stereocenters. The lowest BCUT2D eigenvalue weighted by Crippen LogP contribution is -2.34. The van der Waals surface area contributed by atoms with Crippen molar-refractivity contribution in [1.82, 2.24) is 4.31 Å². The Balaban J connectivity index is 1.72. The van der Waals surface area contributed by atoms with E-state index in [-0.39, 0.29) is 10.8 Å². The molecule has 6 nitrogen and oxygen atoms in total. The largest absolute Gasteiger partial charge is 0.370 e. The number of benzene rings is 2. The van der Waals surface area contributed by atoms with Gasteiger partial charge in [0.25, 0.3) is 5.91 Å². The lowest BCUT2D eigenvalue weighted by Gasteiger charge is -2.28. The lowest BCUT2D eigenvalue weighted by atomic mass is 10.1. The van der Waals surface area contributed by atoms with E-state index in [0.29, 0.717) is 18.7 Å². The third-order valence-corrected chi connectivity index (χ3v) is 9.13. The Hall–Kier alpha value is -2.38. The third kappa shape index (κ3) is 5.47. The van der Waals surface area contributed by atoms with Crippen LogP contribution in [0.4, 0.5) is 11.4 Å². The number of nitrogens with one attached hydrogen (secondary N) is 1. The van der Waals surface area contributed by atoms with Gasteiger partial charge in [-0.1, -0.05) is 37.8 Å². The Morgan fingerprint density at radius 3 is 2.09 bits per heavy atom. The Kier molecular flexibility index (Phi) is 7.94. The van der Waals surface area contributed by atoms with Crippen molar-refractivity contribution < 1.29 is 13.2 Å². The average Bonchev–Trinajstić information content (AvgIpc) is 3.28. The van der Waals surface area contributed by atoms with Crippen molar-refractivity contribution in [3.8, 4) is 0 Å². The second-order valence-electron chi connectivity index (χ2n) is 9.60. The molecule has 0 aliphatic carbocycles. The highest BCUT2D eigenvalue weighted by Crippen LogP contribution is 2.32. The van der Waals surface area contributed by atoms with Crippen LogP contribution in [0.25, 0.3) is 0 Å². The highest BCUT2D eigenvalue weighted by atomic mass is 32.2. The molecule has 0 aromatic heterocycles. The molecule has 2 saturated heterocycles. The molecule has 4 rings (SSSR count). The van der Waals surface area contributed by atoms with Gasteiger partial charge in [0, 0.05) is 37.4 Å². The average molecular weight is 484 g/mol. The summed E-state index contributed by atoms with van der Waals surface area (Å²) in [7, 11) is -3.71. The molecule has 34 heavy (non-hydrogen) atoms. The molecule has 2 aromatic carbocycles. The molecule has 0 saturated carbocycles. The maximum atomic E-state index is 13.9. The van der Waals surface area contributed by atoms with Crippen LogP contribution in [0.3, 0.4) is 0 Å². The Bertz CT molecular complexity index is 1110. The minimum absolute atomic E-state index is 0.268. The summed E-state index contributed by atoms with van der Waals surface area (Å²) >= 11 is 0. The molecule has 1 N–H and O–H groups in total. The van der Waals surface area contributed by atoms with Gasteiger partial charge in [-0.2, -0.15) is 4.31 Å². The molecule has 2 aromatic rings. The summed E-state index contributed by atoms with van der Waals surface area (Å²) in [4.78, 5) is 15.7. The van der Waals surface area contributed by atoms with E-state index >= 15 is 0 Å². The molecule has 2 fully saturated rings. The van der Waals surface area contributed by atoms with Crippen LogP contribution in [0.15, 0.2) is 41.3 Å². The first kappa shape index (κ1) is 24.7. The summed E-state index contributed by atoms with van der Waals surface area (Å²) in [5.41, 5.74) is 3.95. The van der Waals surface area contributed by atoms with Gasteiger partial charge in [0.2, 0.25) is 10.0 Å². The van der Waals surface area contributed by atoms with Crippen molar-refractivity contribution in [3.05, 3.63) is 53.1 Å². The smallest absolute Gasteiger partial charge is 0.255 e. The maximum absolute atomic E-state index is 13.9. The molecule has 0 spiro atoms. The molecule has 2 aliphatic rings. The van der Waals surface area contributed by atoms with Crippen molar-refractivity contribution in [2.24, 2.45) is 0 Å². The molecule has 2 heterocycles. The summed E-state index contributed by atoms with van der Waals surface area (Å²) in [5.74, 6) is -0.288. The van der Waals surface area contributed by atoms with Crippen LogP contribution in [0.2, 0.25) is 0 Å². The van der Waals surface area contributed by atoms with E-state index in [9.17, 15) is 13.2 Å². The fourth-order valence-corrected chi connectivity index (χ4v) is 6.69. The van der Waals surface area contributed by atoms with Crippen molar-refractivity contribution >= 4 is 27.3 Å². The first-order valence-electron chi connectivity index (χ1n) is 12.6. The van der Waals surface area contributed by atoms with Crippen LogP contribution in [-0.2, 0) is 10.0 Å². The number of rotatable bonds is 5. The predicted octanol–water partition coefficient (Wildman–Crippen LogP) is 5.50. The quantitative estimate of drug-likeness (QED) is 0.610. The number of nitrogens with zero attached hydrogens (tertiary/aromatic N) is 2. The van der Waals surface area contributed by atoms with Crippen molar-refractivity contribution in [1.29, 1.82) is 0 Å². The van der Waals surface area contributed by atoms with Crippen LogP contribution < -0.4 is 10.2 Å². The number of hydrogen-bond acceptors (Lipinski definition) is 4. The van der Waals surface area contributed by atoms with Gasteiger partial charge in [-0.25, -0.2) is 8.42 Å². The van der Waals surface area contributed by atoms with Gasteiger partial charge in [0.15, 0.2) is 0 Å². The van der Waals surface area contributed by atoms with E-state index in [2.05, 4.69) is 10.2 Å². The zero-order chi connectivity index (χ0) is 24.1. The Morgan fingerprint density at radius 1 is 0.824 bits per heavy atom. The van der Waals surface area contributed by atoms with Gasteiger partial charge >= 0.3 is 0 Å². The summed E-state index contributed by atoms with van der Waals surface area (Å²) in [6.45, 7) is 6.75. The van der Waals surface area contributed by atoms with Crippen molar-refractivity contribution in [2.75, 3.05) is 36.4 Å². The van der Waals surface area contributed by atoms with E-state index in [4.69, 9.17) is 0 Å². The molecule has 7 heteroatoms. The van der Waals surface area contributed by atoms with Gasteiger partial charge in [-0.15, -0.1) is 0 Å². The number of carbonyl (C=O) groups is 1. The molecule has 184 valence electrons. The van der Waals surface area contributed by atoms with E-state index < -0.39 is 10.0 Å². The SMILES string of the molecule is Cc1cccc(NC(=O)c2ccc(N3CCCCCC3)c(S(=O)(=O)N3CCCCCC3)c2)c1C. The van der Waals surface area contributed by atoms with Crippen LogP contribution in [-0.4, -0.2) is 44.8 Å². The van der Waals surface area contributed by atoms with Crippen LogP contribution >= 0.6 is 0 Å². The van der Waals surface area contributed by atoms with Crippen LogP contribution in [0, 0.1) is 13.8 Å². The monoisotopic (exact) mass is 483 g/mol. The number of amides is 1. The second-order valence-corrected chi connectivity index (χ2v) is 11.5. The van der Waals surface area contributed by atoms with Crippen molar-refractivity contribution in [2.45, 2.75) is 70.1 Å². The number of anilines is 2. The summed E-state index contributed by atoms with van der Waals surface area (Å²) in [6, 6.07) is 11.0. The highest BCUT2D eigenvalue weighted by Gasteiger charge is 2.30. The number of carbonyl (C=O) groups excluding carboxylic acids is 1. The van der Waals surface area contributed by atoms with Gasteiger partial charge in [0.05, 0.1) is 5.69 Å². The van der Waals surface area contributed by atoms with E-state index in [0.717, 1.165) is 74.1 Å². The normalized spacial score (nSPS) is 18.2. The Morgan fingerprint density at radius 2 is 1.44 bits per heavy atom. The number of sulfonamides is 1. The minimum Gasteiger partial charge on any atom is -0.370 e. The van der Waals surface area contributed by atoms with Gasteiger partial charge in [-0.3, -0.25) is 4.79 Å². The summed E-state index contributed by atoms with van der Waals surface area (Å²) in [5, 5.41) is 2.98. The fraction of sp³-hybridized carbons (Fsp3) is 0.519. The molecular weight excluding hydrogens is 446 g/mol. The zero-order valence-electron chi connectivity index (χ0n) is 20.5. The van der Waals surface area contributed by atoms with Gasteiger partial charge in [-0.05, 0) is 74.9 Å². The highest BCUT2D eigenvalue weighted by molar-refractivity contribution is 7.89. The third-order valence-electron chi connectivity index (χ3n) is 7.20. The van der Waals surface area contributed by atoms with E-state index in [1.54, 1.807) is 16.4 Å². The first-order valence-corrected chi connectivity index (χ1v) is 14.1. The van der Waals surface area contributed by atoms with Crippen LogP contribution in [0.1, 0.15) is 72.9 Å². The second kappa shape index (κ2) is 10.9. The maximum Gasteiger partial charge on any atom is 0.255 e. The number of hydrogen-bond donors (Lipinski definition) is 1. The number of aryl methyl sites for hydroxylation is 1. The molecule has 1 amide bonds. The van der Waals surface area contributed by atoms with Gasteiger partial charge in [0.1, 0.15) is 4.90 Å². The topological polar surface area (TPSA) is 69.7 Å². The Labute approximate surface area is 204 Å². The summed E-state index contributed by atoms with van der Waals surface area (Å²) < 4.78 is 29.4. The molecular formula is C27H37N3O3S. The standard InChI is InChI=1S/C27H37N3O3S/c1-21-12-11-13-24(22(21)2)28-27(31)23-14-15-25(29-16-7-3-4-8-17-29)26(20-23)34(32,33)30-18-9-5-6-10-19-30/h11-15,20H,3-10,16-19H2,1-2H3,(H,28,31). The molecule has 0 atom stereocenters. The van der Waals surface area contributed by atoms with Crippen LogP contribution in [0.5, 0.6) is 0 Å². The van der Waals surface area contributed by atoms with E-state index in [1.807, 2.05) is 38.1 Å². The predicted molar refractivity (Wildman–Crippen MR) is 138 cm³/mol. The first-order chi connectivity index (χ1) is 16.4. The zero-order valence-corrected chi connectivity index (χ0v) is 21.3. The van der Waals surface area contributed by atoms with Crippen molar-refractivity contribution in [3.63, 3.8) is 0 Å². The summed E-state index contributed by atoms with van der Waals surface area (Å²) in [6.07, 6.45) is 8.32. The lowest BCUT2D eigenvalue weighted by molar-refractivity contribution is 0.102. The molecule has 2 aliphatic heterocycles. The van der Waals surface area contributed by atoms with E-state index in [1.165, 1.54) is 12.8 Å². The molecule has 0 radical (unpaired) electrons. The van der Waals surface area contributed by atoms with Gasteiger partial charge < -0.3 is 10.2 Å². The minimum atomic E-state index is -3.71.